The number of aliphatic imine (C=N–C) groups is 1. The molecule has 29 heavy (non-hydrogen) atoms. The van der Waals surface area contributed by atoms with Gasteiger partial charge in [0.05, 0.1) is 12.6 Å². The lowest BCUT2D eigenvalue weighted by Gasteiger charge is -2.20. The van der Waals surface area contributed by atoms with Crippen molar-refractivity contribution in [2.75, 3.05) is 33.8 Å². The van der Waals surface area contributed by atoms with E-state index in [4.69, 9.17) is 4.74 Å². The molecule has 0 aliphatic heterocycles. The molecule has 0 heterocycles. The van der Waals surface area contributed by atoms with Crippen molar-refractivity contribution < 1.29 is 13.9 Å². The van der Waals surface area contributed by atoms with Gasteiger partial charge in [-0.2, -0.15) is 0 Å². The summed E-state index contributed by atoms with van der Waals surface area (Å²) in [5, 5.41) is 6.48. The van der Waals surface area contributed by atoms with Crippen LogP contribution < -0.4 is 15.4 Å². The summed E-state index contributed by atoms with van der Waals surface area (Å²) in [6.45, 7) is 7.47. The molecule has 164 valence electrons. The minimum atomic E-state index is -0.358. The van der Waals surface area contributed by atoms with E-state index in [1.54, 1.807) is 20.2 Å². The zero-order valence-corrected chi connectivity index (χ0v) is 20.3. The Morgan fingerprint density at radius 2 is 2.00 bits per heavy atom. The fraction of sp³-hybridized carbons (Fsp3) is 0.619. The Morgan fingerprint density at radius 3 is 2.55 bits per heavy atom. The smallest absolute Gasteiger partial charge is 0.243 e. The molecule has 8 heteroatoms. The summed E-state index contributed by atoms with van der Waals surface area (Å²) in [7, 11) is 3.40. The fourth-order valence-corrected chi connectivity index (χ4v) is 2.43. The van der Waals surface area contributed by atoms with Gasteiger partial charge in [0.25, 0.3) is 0 Å². The Kier molecular flexibility index (Phi) is 10.7. The molecular formula is C21H34FIN4O2. The van der Waals surface area contributed by atoms with Crippen LogP contribution in [0.4, 0.5) is 4.39 Å². The summed E-state index contributed by atoms with van der Waals surface area (Å²) in [5.41, 5.74) is 0.786. The van der Waals surface area contributed by atoms with Crippen LogP contribution in [0, 0.1) is 17.7 Å². The van der Waals surface area contributed by atoms with Crippen molar-refractivity contribution in [2.24, 2.45) is 16.8 Å². The number of nitrogens with one attached hydrogen (secondary N) is 2. The third kappa shape index (κ3) is 9.18. The van der Waals surface area contributed by atoms with Crippen LogP contribution in [0.15, 0.2) is 23.2 Å². The van der Waals surface area contributed by atoms with Crippen molar-refractivity contribution in [1.29, 1.82) is 0 Å². The van der Waals surface area contributed by atoms with Gasteiger partial charge in [-0.15, -0.1) is 24.0 Å². The molecule has 1 aliphatic carbocycles. The van der Waals surface area contributed by atoms with Gasteiger partial charge in [0.15, 0.2) is 17.5 Å². The SMILES string of the molecule is CC(C)CNC(=NCC(=O)N(C)C)NC(C)c1ccc(OCC2CC2)c(F)c1.I. The van der Waals surface area contributed by atoms with Crippen LogP contribution in [-0.2, 0) is 4.79 Å². The summed E-state index contributed by atoms with van der Waals surface area (Å²) < 4.78 is 19.9. The lowest BCUT2D eigenvalue weighted by atomic mass is 10.1. The van der Waals surface area contributed by atoms with E-state index in [-0.39, 0.29) is 48.3 Å². The number of amides is 1. The van der Waals surface area contributed by atoms with Crippen molar-refractivity contribution in [3.8, 4) is 5.75 Å². The number of benzene rings is 1. The van der Waals surface area contributed by atoms with Gasteiger partial charge >= 0.3 is 0 Å². The summed E-state index contributed by atoms with van der Waals surface area (Å²) in [6.07, 6.45) is 2.34. The number of guanidine groups is 1. The molecule has 0 spiro atoms. The quantitative estimate of drug-likeness (QED) is 0.297. The Labute approximate surface area is 190 Å². The molecule has 0 saturated heterocycles. The topological polar surface area (TPSA) is 66.0 Å². The lowest BCUT2D eigenvalue weighted by Crippen LogP contribution is -2.41. The fourth-order valence-electron chi connectivity index (χ4n) is 2.43. The van der Waals surface area contributed by atoms with E-state index in [1.165, 1.54) is 23.8 Å². The minimum Gasteiger partial charge on any atom is -0.490 e. The van der Waals surface area contributed by atoms with Crippen LogP contribution in [0.5, 0.6) is 5.75 Å². The molecule has 6 nitrogen and oxygen atoms in total. The molecule has 1 unspecified atom stereocenters. The first kappa shape index (κ1) is 25.5. The highest BCUT2D eigenvalue weighted by molar-refractivity contribution is 14.0. The number of halogens is 2. The van der Waals surface area contributed by atoms with Gasteiger partial charge in [-0.05, 0) is 49.3 Å². The van der Waals surface area contributed by atoms with E-state index < -0.39 is 0 Å². The second-order valence-corrected chi connectivity index (χ2v) is 8.04. The van der Waals surface area contributed by atoms with Gasteiger partial charge in [-0.25, -0.2) is 9.38 Å². The third-order valence-electron chi connectivity index (χ3n) is 4.53. The number of ether oxygens (including phenoxy) is 1. The molecule has 1 aliphatic rings. The van der Waals surface area contributed by atoms with Crippen LogP contribution >= 0.6 is 24.0 Å². The van der Waals surface area contributed by atoms with Gasteiger partial charge in [0.1, 0.15) is 6.54 Å². The Balaban J connectivity index is 0.00000420. The van der Waals surface area contributed by atoms with Crippen LogP contribution in [-0.4, -0.2) is 50.6 Å². The van der Waals surface area contributed by atoms with Gasteiger partial charge < -0.3 is 20.3 Å². The first-order chi connectivity index (χ1) is 13.3. The maximum atomic E-state index is 14.4. The second kappa shape index (κ2) is 12.2. The number of likely N-dealkylation sites (N-methyl/N-ethyl adjacent to an activating group) is 1. The summed E-state index contributed by atoms with van der Waals surface area (Å²) in [6, 6.07) is 4.85. The van der Waals surface area contributed by atoms with Crippen molar-refractivity contribution in [3.05, 3.63) is 29.6 Å². The molecule has 2 N–H and O–H groups in total. The van der Waals surface area contributed by atoms with Gasteiger partial charge in [0, 0.05) is 20.6 Å². The van der Waals surface area contributed by atoms with Gasteiger partial charge in [-0.3, -0.25) is 4.79 Å². The van der Waals surface area contributed by atoms with E-state index in [2.05, 4.69) is 29.5 Å². The summed E-state index contributed by atoms with van der Waals surface area (Å²) in [5.74, 6) is 1.39. The molecule has 0 aromatic heterocycles. The summed E-state index contributed by atoms with van der Waals surface area (Å²) >= 11 is 0. The predicted molar refractivity (Wildman–Crippen MR) is 125 cm³/mol. The predicted octanol–water partition coefficient (Wildman–Crippen LogP) is 3.57. The largest absolute Gasteiger partial charge is 0.490 e. The normalized spacial score (nSPS) is 14.8. The van der Waals surface area contributed by atoms with Crippen molar-refractivity contribution in [1.82, 2.24) is 15.5 Å². The van der Waals surface area contributed by atoms with Crippen molar-refractivity contribution >= 4 is 35.8 Å². The Morgan fingerprint density at radius 1 is 1.31 bits per heavy atom. The average Bonchev–Trinajstić information content (AvgIpc) is 3.46. The van der Waals surface area contributed by atoms with Crippen molar-refractivity contribution in [3.63, 3.8) is 0 Å². The molecule has 2 rings (SSSR count). The highest BCUT2D eigenvalue weighted by Crippen LogP contribution is 2.30. The minimum absolute atomic E-state index is 0. The van der Waals surface area contributed by atoms with Gasteiger partial charge in [0.2, 0.25) is 5.91 Å². The maximum Gasteiger partial charge on any atom is 0.243 e. The zero-order chi connectivity index (χ0) is 20.7. The molecule has 1 fully saturated rings. The lowest BCUT2D eigenvalue weighted by molar-refractivity contribution is -0.127. The van der Waals surface area contributed by atoms with Crippen LogP contribution in [0.25, 0.3) is 0 Å². The first-order valence-corrected chi connectivity index (χ1v) is 9.93. The molecule has 1 amide bonds. The van der Waals surface area contributed by atoms with E-state index >= 15 is 0 Å². The number of nitrogens with zero attached hydrogens (tertiary/aromatic N) is 2. The molecule has 1 saturated carbocycles. The monoisotopic (exact) mass is 520 g/mol. The average molecular weight is 520 g/mol. The van der Waals surface area contributed by atoms with E-state index in [0.717, 1.165) is 12.1 Å². The van der Waals surface area contributed by atoms with Crippen molar-refractivity contribution in [2.45, 2.75) is 39.7 Å². The third-order valence-corrected chi connectivity index (χ3v) is 4.53. The van der Waals surface area contributed by atoms with E-state index in [9.17, 15) is 9.18 Å². The second-order valence-electron chi connectivity index (χ2n) is 8.04. The Hall–Kier alpha value is -1.58. The maximum absolute atomic E-state index is 14.4. The highest BCUT2D eigenvalue weighted by Gasteiger charge is 2.22. The molecule has 0 bridgehead atoms. The molecular weight excluding hydrogens is 486 g/mol. The molecule has 1 aromatic carbocycles. The standard InChI is InChI=1S/C21H33FN4O2.HI/c1-14(2)11-23-21(24-12-20(27)26(4)5)25-15(3)17-8-9-19(18(22)10-17)28-13-16-6-7-16;/h8-10,14-16H,6-7,11-13H2,1-5H3,(H2,23,24,25);1H. The number of hydrogen-bond donors (Lipinski definition) is 2. The highest BCUT2D eigenvalue weighted by atomic mass is 127. The molecule has 1 aromatic rings. The van der Waals surface area contributed by atoms with Crippen LogP contribution in [0.3, 0.4) is 0 Å². The van der Waals surface area contributed by atoms with E-state index in [1.807, 2.05) is 13.0 Å². The first-order valence-electron chi connectivity index (χ1n) is 9.93. The number of carbonyl (C=O) groups excluding carboxylic acids is 1. The van der Waals surface area contributed by atoms with Crippen LogP contribution in [0.1, 0.15) is 45.2 Å². The molecule has 1 atom stereocenters. The number of carbonyl (C=O) groups is 1. The summed E-state index contributed by atoms with van der Waals surface area (Å²) in [4.78, 5) is 17.7. The zero-order valence-electron chi connectivity index (χ0n) is 18.0. The van der Waals surface area contributed by atoms with Gasteiger partial charge in [-0.1, -0.05) is 19.9 Å². The number of rotatable bonds is 9. The Bertz CT molecular complexity index is 693. The number of hydrogen-bond acceptors (Lipinski definition) is 3. The van der Waals surface area contributed by atoms with Crippen LogP contribution in [0.2, 0.25) is 0 Å². The van der Waals surface area contributed by atoms with E-state index in [0.29, 0.717) is 30.2 Å². The molecule has 0 radical (unpaired) electrons.